The van der Waals surface area contributed by atoms with Gasteiger partial charge >= 0.3 is 5.63 Å². The van der Waals surface area contributed by atoms with Gasteiger partial charge in [0.25, 0.3) is 0 Å². The van der Waals surface area contributed by atoms with E-state index in [1.54, 1.807) is 36.4 Å². The van der Waals surface area contributed by atoms with Gasteiger partial charge in [-0.1, -0.05) is 12.1 Å². The fourth-order valence-electron chi connectivity index (χ4n) is 3.74. The van der Waals surface area contributed by atoms with E-state index < -0.39 is 11.2 Å². The molecule has 1 aliphatic heterocycles. The Morgan fingerprint density at radius 1 is 1.10 bits per heavy atom. The third-order valence-electron chi connectivity index (χ3n) is 5.41. The second kappa shape index (κ2) is 7.19. The summed E-state index contributed by atoms with van der Waals surface area (Å²) < 4.78 is 31.8. The Kier molecular flexibility index (Phi) is 4.46. The third-order valence-corrected chi connectivity index (χ3v) is 5.41. The molecule has 0 amide bonds. The fourth-order valence-corrected chi connectivity index (χ4v) is 3.74. The summed E-state index contributed by atoms with van der Waals surface area (Å²) in [5, 5.41) is 0.810. The maximum absolute atomic E-state index is 14.2. The molecule has 1 aliphatic rings. The topological polar surface area (TPSA) is 74.5 Å². The first-order valence-corrected chi connectivity index (χ1v) is 9.88. The van der Waals surface area contributed by atoms with E-state index in [0.29, 0.717) is 34.9 Å². The number of fused-ring (bicyclic) bond motifs is 2. The van der Waals surface area contributed by atoms with E-state index in [1.807, 2.05) is 19.9 Å². The first kappa shape index (κ1) is 19.2. The number of benzene rings is 2. The van der Waals surface area contributed by atoms with Crippen molar-refractivity contribution in [2.24, 2.45) is 0 Å². The molecule has 0 bridgehead atoms. The first-order chi connectivity index (χ1) is 14.9. The van der Waals surface area contributed by atoms with Crippen molar-refractivity contribution in [2.75, 3.05) is 0 Å². The van der Waals surface area contributed by atoms with E-state index in [4.69, 9.17) is 13.9 Å². The number of hydrogen-bond donors (Lipinski definition) is 0. The lowest BCUT2D eigenvalue weighted by Gasteiger charge is -2.39. The highest BCUT2D eigenvalue weighted by molar-refractivity contribution is 5.79. The molecule has 0 fully saturated rings. The molecule has 0 saturated heterocycles. The Hall–Kier alpha value is -3.74. The van der Waals surface area contributed by atoms with Crippen LogP contribution < -0.4 is 15.1 Å². The average Bonchev–Trinajstić information content (AvgIpc) is 2.73. The molecular formula is C24H19FN2O4. The molecule has 0 unspecified atom stereocenters. The van der Waals surface area contributed by atoms with Crippen molar-refractivity contribution in [3.63, 3.8) is 0 Å². The molecule has 1 atom stereocenters. The van der Waals surface area contributed by atoms with E-state index in [2.05, 4.69) is 9.97 Å². The smallest absolute Gasteiger partial charge is 0.336 e. The van der Waals surface area contributed by atoms with Crippen LogP contribution >= 0.6 is 0 Å². The first-order valence-electron chi connectivity index (χ1n) is 9.88. The number of ether oxygens (including phenoxy) is 2. The zero-order valence-corrected chi connectivity index (χ0v) is 17.0. The SMILES string of the molecule is CC1(C)Oc2cc3oc(=O)ccc3cc2C[C@@H]1Oc1cc(-c2ccccc2F)ncn1. The summed E-state index contributed by atoms with van der Waals surface area (Å²) >= 11 is 0. The zero-order chi connectivity index (χ0) is 21.6. The standard InChI is InChI=1S/C24H19FN2O4/c1-24(2)21(10-15-9-14-7-8-23(28)29-19(14)12-20(15)31-24)30-22-11-18(26-13-27-22)16-5-3-4-6-17(16)25/h3-9,11-13,21H,10H2,1-2H3/t21-/m0/s1. The van der Waals surface area contributed by atoms with Gasteiger partial charge in [0.2, 0.25) is 5.88 Å². The summed E-state index contributed by atoms with van der Waals surface area (Å²) in [6.45, 7) is 3.84. The number of rotatable bonds is 3. The molecular weight excluding hydrogens is 399 g/mol. The summed E-state index contributed by atoms with van der Waals surface area (Å²) in [4.78, 5) is 19.9. The van der Waals surface area contributed by atoms with Gasteiger partial charge in [0.15, 0.2) is 0 Å². The Morgan fingerprint density at radius 2 is 1.94 bits per heavy atom. The van der Waals surface area contributed by atoms with Crippen molar-refractivity contribution in [1.29, 1.82) is 0 Å². The molecule has 0 radical (unpaired) electrons. The Labute approximate surface area is 177 Å². The molecule has 5 rings (SSSR count). The van der Waals surface area contributed by atoms with E-state index in [-0.39, 0.29) is 11.9 Å². The molecule has 6 nitrogen and oxygen atoms in total. The number of halogens is 1. The Morgan fingerprint density at radius 3 is 2.77 bits per heavy atom. The molecule has 2 aromatic heterocycles. The van der Waals surface area contributed by atoms with Crippen molar-refractivity contribution in [2.45, 2.75) is 32.0 Å². The molecule has 2 aromatic carbocycles. The second-order valence-corrected chi connectivity index (χ2v) is 7.99. The lowest BCUT2D eigenvalue weighted by molar-refractivity contribution is -0.0287. The molecule has 0 spiro atoms. The number of nitrogens with zero attached hydrogens (tertiary/aromatic N) is 2. The molecule has 3 heterocycles. The Balaban J connectivity index is 1.46. The predicted molar refractivity (Wildman–Crippen MR) is 113 cm³/mol. The van der Waals surface area contributed by atoms with Crippen LogP contribution in [0.3, 0.4) is 0 Å². The minimum absolute atomic E-state index is 0.338. The van der Waals surface area contributed by atoms with Gasteiger partial charge < -0.3 is 13.9 Å². The van der Waals surface area contributed by atoms with Gasteiger partial charge in [-0.15, -0.1) is 0 Å². The molecule has 156 valence electrons. The van der Waals surface area contributed by atoms with Gasteiger partial charge in [-0.25, -0.2) is 19.2 Å². The van der Waals surface area contributed by atoms with Crippen LogP contribution in [-0.4, -0.2) is 21.7 Å². The summed E-state index contributed by atoms with van der Waals surface area (Å²) in [6.07, 6.45) is 1.57. The van der Waals surface area contributed by atoms with Gasteiger partial charge in [-0.3, -0.25) is 0 Å². The maximum atomic E-state index is 14.2. The lowest BCUT2D eigenvalue weighted by Crippen LogP contribution is -2.49. The summed E-state index contributed by atoms with van der Waals surface area (Å²) in [7, 11) is 0. The number of hydrogen-bond acceptors (Lipinski definition) is 6. The largest absolute Gasteiger partial charge is 0.484 e. The monoisotopic (exact) mass is 418 g/mol. The lowest BCUT2D eigenvalue weighted by atomic mass is 9.90. The average molecular weight is 418 g/mol. The highest BCUT2D eigenvalue weighted by Crippen LogP contribution is 2.37. The van der Waals surface area contributed by atoms with Gasteiger partial charge in [0.05, 0.1) is 5.69 Å². The second-order valence-electron chi connectivity index (χ2n) is 7.99. The predicted octanol–water partition coefficient (Wildman–Crippen LogP) is 4.55. The van der Waals surface area contributed by atoms with Crippen molar-refractivity contribution in [1.82, 2.24) is 9.97 Å². The zero-order valence-electron chi connectivity index (χ0n) is 17.0. The van der Waals surface area contributed by atoms with Crippen LogP contribution in [-0.2, 0) is 6.42 Å². The van der Waals surface area contributed by atoms with Crippen LogP contribution in [0, 0.1) is 5.82 Å². The molecule has 0 N–H and O–H groups in total. The van der Waals surface area contributed by atoms with Gasteiger partial charge in [-0.2, -0.15) is 0 Å². The molecule has 4 aromatic rings. The van der Waals surface area contributed by atoms with E-state index in [0.717, 1.165) is 10.9 Å². The summed E-state index contributed by atoms with van der Waals surface area (Å²) in [5.74, 6) is 0.632. The van der Waals surface area contributed by atoms with Crippen molar-refractivity contribution < 1.29 is 18.3 Å². The van der Waals surface area contributed by atoms with Gasteiger partial charge in [0.1, 0.15) is 35.2 Å². The van der Waals surface area contributed by atoms with Gasteiger partial charge in [-0.05, 0) is 43.7 Å². The summed E-state index contributed by atoms with van der Waals surface area (Å²) in [6, 6.07) is 14.8. The molecule has 7 heteroatoms. The van der Waals surface area contributed by atoms with Crippen molar-refractivity contribution in [3.8, 4) is 22.9 Å². The van der Waals surface area contributed by atoms with Crippen molar-refractivity contribution in [3.05, 3.63) is 82.7 Å². The van der Waals surface area contributed by atoms with Crippen LogP contribution in [0.4, 0.5) is 4.39 Å². The minimum atomic E-state index is -0.682. The normalized spacial score (nSPS) is 17.1. The van der Waals surface area contributed by atoms with E-state index >= 15 is 0 Å². The van der Waals surface area contributed by atoms with E-state index in [1.165, 1.54) is 18.5 Å². The van der Waals surface area contributed by atoms with Gasteiger partial charge in [0, 0.05) is 35.6 Å². The quantitative estimate of drug-likeness (QED) is 0.455. The highest BCUT2D eigenvalue weighted by Gasteiger charge is 2.39. The van der Waals surface area contributed by atoms with Crippen molar-refractivity contribution >= 4 is 11.0 Å². The highest BCUT2D eigenvalue weighted by atomic mass is 19.1. The van der Waals surface area contributed by atoms with Crippen LogP contribution in [0.25, 0.3) is 22.2 Å². The molecule has 0 aliphatic carbocycles. The molecule has 31 heavy (non-hydrogen) atoms. The minimum Gasteiger partial charge on any atom is -0.484 e. The third kappa shape index (κ3) is 3.63. The van der Waals surface area contributed by atoms with Crippen LogP contribution in [0.1, 0.15) is 19.4 Å². The maximum Gasteiger partial charge on any atom is 0.336 e. The van der Waals surface area contributed by atoms with E-state index in [9.17, 15) is 9.18 Å². The number of aromatic nitrogens is 2. The van der Waals surface area contributed by atoms with Crippen LogP contribution in [0.5, 0.6) is 11.6 Å². The van der Waals surface area contributed by atoms with Crippen LogP contribution in [0.15, 0.2) is 70.1 Å². The fraction of sp³-hybridized carbons (Fsp3) is 0.208. The van der Waals surface area contributed by atoms with Crippen LogP contribution in [0.2, 0.25) is 0 Å². The Bertz CT molecular complexity index is 1350. The summed E-state index contributed by atoms with van der Waals surface area (Å²) in [5.41, 5.74) is 1.16. The molecule has 0 saturated carbocycles.